The molecule has 1 aromatic carbocycles. The second-order valence-electron chi connectivity index (χ2n) is 9.68. The SMILES string of the molecule is CC(C)NC1CCN(c2ccc(C(=O)NC3CCC(Oc4ccc(C#N)c(Cl)c4)CC3)nn2)CC1. The molecule has 2 aromatic rings. The lowest BCUT2D eigenvalue weighted by atomic mass is 9.93. The van der Waals surface area contributed by atoms with Crippen LogP contribution in [0.5, 0.6) is 5.75 Å². The van der Waals surface area contributed by atoms with Crippen molar-refractivity contribution >= 4 is 23.3 Å². The van der Waals surface area contributed by atoms with Gasteiger partial charge in [-0.05, 0) is 62.8 Å². The second kappa shape index (κ2) is 11.7. The Labute approximate surface area is 212 Å². The fourth-order valence-corrected chi connectivity index (χ4v) is 5.01. The average Bonchev–Trinajstić information content (AvgIpc) is 2.85. The van der Waals surface area contributed by atoms with E-state index in [4.69, 9.17) is 21.6 Å². The third kappa shape index (κ3) is 6.83. The summed E-state index contributed by atoms with van der Waals surface area (Å²) in [7, 11) is 0. The van der Waals surface area contributed by atoms with Crippen LogP contribution in [0.15, 0.2) is 30.3 Å². The maximum Gasteiger partial charge on any atom is 0.272 e. The second-order valence-corrected chi connectivity index (χ2v) is 10.1. The van der Waals surface area contributed by atoms with E-state index in [1.165, 1.54) is 0 Å². The number of benzene rings is 1. The van der Waals surface area contributed by atoms with E-state index >= 15 is 0 Å². The fraction of sp³-hybridized carbons (Fsp3) is 0.538. The molecule has 4 rings (SSSR count). The van der Waals surface area contributed by atoms with Crippen molar-refractivity contribution in [3.05, 3.63) is 46.6 Å². The number of carbonyl (C=O) groups is 1. The Morgan fingerprint density at radius 1 is 1.09 bits per heavy atom. The van der Waals surface area contributed by atoms with Crippen molar-refractivity contribution in [2.75, 3.05) is 18.0 Å². The van der Waals surface area contributed by atoms with Crippen molar-refractivity contribution in [1.82, 2.24) is 20.8 Å². The molecule has 1 aromatic heterocycles. The van der Waals surface area contributed by atoms with Gasteiger partial charge in [-0.25, -0.2) is 0 Å². The molecule has 1 saturated carbocycles. The van der Waals surface area contributed by atoms with Gasteiger partial charge in [-0.3, -0.25) is 4.79 Å². The van der Waals surface area contributed by atoms with Crippen molar-refractivity contribution in [3.63, 3.8) is 0 Å². The van der Waals surface area contributed by atoms with E-state index in [0.717, 1.165) is 57.4 Å². The minimum atomic E-state index is -0.188. The largest absolute Gasteiger partial charge is 0.490 e. The van der Waals surface area contributed by atoms with Crippen LogP contribution >= 0.6 is 11.6 Å². The maximum absolute atomic E-state index is 12.7. The van der Waals surface area contributed by atoms with Gasteiger partial charge in [-0.15, -0.1) is 10.2 Å². The molecular formula is C26H33ClN6O2. The molecule has 1 amide bonds. The monoisotopic (exact) mass is 496 g/mol. The number of anilines is 1. The van der Waals surface area contributed by atoms with Gasteiger partial charge in [-0.2, -0.15) is 5.26 Å². The van der Waals surface area contributed by atoms with Gasteiger partial charge >= 0.3 is 0 Å². The third-order valence-corrected chi connectivity index (χ3v) is 6.96. The molecule has 186 valence electrons. The van der Waals surface area contributed by atoms with E-state index in [9.17, 15) is 4.79 Å². The fourth-order valence-electron chi connectivity index (χ4n) is 4.80. The quantitative estimate of drug-likeness (QED) is 0.595. The summed E-state index contributed by atoms with van der Waals surface area (Å²) in [6.45, 7) is 6.22. The first-order chi connectivity index (χ1) is 16.9. The number of hydrogen-bond donors (Lipinski definition) is 2. The molecule has 1 saturated heterocycles. The van der Waals surface area contributed by atoms with Gasteiger partial charge in [0.25, 0.3) is 5.91 Å². The zero-order chi connectivity index (χ0) is 24.8. The Balaban J connectivity index is 1.22. The molecule has 2 N–H and O–H groups in total. The lowest BCUT2D eigenvalue weighted by Crippen LogP contribution is -2.45. The molecule has 2 aliphatic rings. The van der Waals surface area contributed by atoms with Crippen LogP contribution in [-0.2, 0) is 0 Å². The molecule has 0 unspecified atom stereocenters. The van der Waals surface area contributed by atoms with Gasteiger partial charge in [0, 0.05) is 37.3 Å². The van der Waals surface area contributed by atoms with Crippen LogP contribution in [0.25, 0.3) is 0 Å². The summed E-state index contributed by atoms with van der Waals surface area (Å²) in [5.74, 6) is 1.30. The van der Waals surface area contributed by atoms with E-state index in [1.807, 2.05) is 12.1 Å². The Bertz CT molecular complexity index is 1040. The molecule has 9 heteroatoms. The number of piperidine rings is 1. The maximum atomic E-state index is 12.7. The first kappa shape index (κ1) is 25.2. The molecule has 2 fully saturated rings. The lowest BCUT2D eigenvalue weighted by Gasteiger charge is -2.33. The molecule has 8 nitrogen and oxygen atoms in total. The average molecular weight is 497 g/mol. The molecule has 0 spiro atoms. The lowest BCUT2D eigenvalue weighted by molar-refractivity contribution is 0.0888. The third-order valence-electron chi connectivity index (χ3n) is 6.64. The Morgan fingerprint density at radius 3 is 2.43 bits per heavy atom. The molecule has 2 heterocycles. The molecule has 0 atom stereocenters. The zero-order valence-corrected chi connectivity index (χ0v) is 21.1. The minimum absolute atomic E-state index is 0.0612. The number of ether oxygens (including phenoxy) is 1. The van der Waals surface area contributed by atoms with Crippen LogP contribution in [-0.4, -0.2) is 53.4 Å². The van der Waals surface area contributed by atoms with Gasteiger partial charge < -0.3 is 20.3 Å². The topological polar surface area (TPSA) is 103 Å². The Hall–Kier alpha value is -2.89. The van der Waals surface area contributed by atoms with Crippen LogP contribution in [0.1, 0.15) is 68.4 Å². The van der Waals surface area contributed by atoms with Gasteiger partial charge in [0.1, 0.15) is 11.8 Å². The number of aromatic nitrogens is 2. The summed E-state index contributed by atoms with van der Waals surface area (Å²) in [5.41, 5.74) is 0.779. The van der Waals surface area contributed by atoms with Crippen molar-refractivity contribution in [2.45, 2.75) is 76.6 Å². The van der Waals surface area contributed by atoms with Crippen LogP contribution in [0, 0.1) is 11.3 Å². The van der Waals surface area contributed by atoms with Crippen LogP contribution in [0.3, 0.4) is 0 Å². The van der Waals surface area contributed by atoms with Gasteiger partial charge in [0.15, 0.2) is 11.5 Å². The first-order valence-electron chi connectivity index (χ1n) is 12.4. The number of nitrogens with zero attached hydrogens (tertiary/aromatic N) is 4. The molecular weight excluding hydrogens is 464 g/mol. The Morgan fingerprint density at radius 2 is 1.83 bits per heavy atom. The summed E-state index contributed by atoms with van der Waals surface area (Å²) in [4.78, 5) is 14.9. The van der Waals surface area contributed by atoms with E-state index in [1.54, 1.807) is 24.3 Å². The van der Waals surface area contributed by atoms with Crippen LogP contribution in [0.4, 0.5) is 5.82 Å². The van der Waals surface area contributed by atoms with E-state index in [-0.39, 0.29) is 18.1 Å². The number of amides is 1. The van der Waals surface area contributed by atoms with Crippen molar-refractivity contribution < 1.29 is 9.53 Å². The number of halogens is 1. The van der Waals surface area contributed by atoms with Gasteiger partial charge in [0.05, 0.1) is 16.7 Å². The first-order valence-corrected chi connectivity index (χ1v) is 12.8. The highest BCUT2D eigenvalue weighted by atomic mass is 35.5. The smallest absolute Gasteiger partial charge is 0.272 e. The van der Waals surface area contributed by atoms with Crippen molar-refractivity contribution in [1.29, 1.82) is 5.26 Å². The number of hydrogen-bond acceptors (Lipinski definition) is 7. The number of nitriles is 1. The predicted molar refractivity (Wildman–Crippen MR) is 136 cm³/mol. The summed E-state index contributed by atoms with van der Waals surface area (Å²) in [6.07, 6.45) is 5.52. The normalized spacial score (nSPS) is 20.9. The number of carbonyl (C=O) groups excluding carboxylic acids is 1. The van der Waals surface area contributed by atoms with Crippen molar-refractivity contribution in [2.24, 2.45) is 0 Å². The molecule has 0 bridgehead atoms. The standard InChI is InChI=1S/C26H33ClN6O2/c1-17(2)29-20-11-13-33(14-12-20)25-10-9-24(31-32-25)26(34)30-19-4-7-21(8-5-19)35-22-6-3-18(16-28)23(27)15-22/h3,6,9-10,15,17,19-21,29H,4-5,7-8,11-14H2,1-2H3,(H,30,34). The highest BCUT2D eigenvalue weighted by Crippen LogP contribution is 2.27. The van der Waals surface area contributed by atoms with E-state index in [2.05, 4.69) is 39.6 Å². The highest BCUT2D eigenvalue weighted by molar-refractivity contribution is 6.31. The van der Waals surface area contributed by atoms with Gasteiger partial charge in [0.2, 0.25) is 0 Å². The van der Waals surface area contributed by atoms with Crippen LogP contribution in [0.2, 0.25) is 5.02 Å². The highest BCUT2D eigenvalue weighted by Gasteiger charge is 2.25. The molecule has 1 aliphatic heterocycles. The number of nitrogens with one attached hydrogen (secondary N) is 2. The summed E-state index contributed by atoms with van der Waals surface area (Å²) >= 11 is 6.10. The van der Waals surface area contributed by atoms with E-state index in [0.29, 0.717) is 34.1 Å². The van der Waals surface area contributed by atoms with Gasteiger partial charge in [-0.1, -0.05) is 25.4 Å². The summed E-state index contributed by atoms with van der Waals surface area (Å²) in [6, 6.07) is 12.0. The van der Waals surface area contributed by atoms with E-state index < -0.39 is 0 Å². The molecule has 35 heavy (non-hydrogen) atoms. The minimum Gasteiger partial charge on any atom is -0.490 e. The zero-order valence-electron chi connectivity index (χ0n) is 20.3. The summed E-state index contributed by atoms with van der Waals surface area (Å²) in [5, 5.41) is 24.6. The summed E-state index contributed by atoms with van der Waals surface area (Å²) < 4.78 is 6.03. The molecule has 1 aliphatic carbocycles. The molecule has 0 radical (unpaired) electrons. The van der Waals surface area contributed by atoms with Crippen LogP contribution < -0.4 is 20.3 Å². The Kier molecular flexibility index (Phi) is 8.42. The van der Waals surface area contributed by atoms with Crippen molar-refractivity contribution in [3.8, 4) is 11.8 Å². The number of rotatable bonds is 7. The predicted octanol–water partition coefficient (Wildman–Crippen LogP) is 4.09.